The van der Waals surface area contributed by atoms with Gasteiger partial charge in [-0.25, -0.2) is 0 Å². The second kappa shape index (κ2) is 11.6. The Hall–Kier alpha value is -1.57. The Balaban J connectivity index is 1.83. The number of rotatable bonds is 9. The fraction of sp³-hybridized carbons (Fsp3) is 0.720. The van der Waals surface area contributed by atoms with Gasteiger partial charge in [-0.15, -0.1) is 11.8 Å². The molecular weight excluding hydrogens is 362 g/mol. The Bertz CT molecular complexity index is 655. The lowest BCUT2D eigenvalue weighted by molar-refractivity contribution is -0.121. The van der Waals surface area contributed by atoms with Crippen molar-refractivity contribution in [2.45, 2.75) is 90.9 Å². The maximum atomic E-state index is 11.7. The molecule has 0 aromatic rings. The number of hydrogen-bond acceptors (Lipinski definition) is 3. The van der Waals surface area contributed by atoms with Crippen LogP contribution in [0.2, 0.25) is 0 Å². The van der Waals surface area contributed by atoms with Crippen molar-refractivity contribution in [1.82, 2.24) is 5.32 Å². The Labute approximate surface area is 176 Å². The molecule has 6 atom stereocenters. The summed E-state index contributed by atoms with van der Waals surface area (Å²) in [6.07, 6.45) is 11.4. The van der Waals surface area contributed by atoms with Gasteiger partial charge in [0.15, 0.2) is 0 Å². The molecule has 2 saturated carbocycles. The van der Waals surface area contributed by atoms with Crippen LogP contribution in [-0.2, 0) is 4.79 Å². The summed E-state index contributed by atoms with van der Waals surface area (Å²) in [6, 6.07) is 0.201. The van der Waals surface area contributed by atoms with Gasteiger partial charge < -0.3 is 15.5 Å². The van der Waals surface area contributed by atoms with Crippen LogP contribution in [0.25, 0.3) is 0 Å². The van der Waals surface area contributed by atoms with Crippen LogP contribution >= 0.6 is 0 Å². The summed E-state index contributed by atoms with van der Waals surface area (Å²) in [6.45, 7) is 7.78. The summed E-state index contributed by atoms with van der Waals surface area (Å²) >= 11 is 0. The summed E-state index contributed by atoms with van der Waals surface area (Å²) in [5.74, 6) is 7.26. The zero-order valence-corrected chi connectivity index (χ0v) is 18.5. The third-order valence-corrected chi connectivity index (χ3v) is 6.32. The number of carbonyl (C=O) groups excluding carboxylic acids is 1. The van der Waals surface area contributed by atoms with Crippen LogP contribution in [0.15, 0.2) is 23.8 Å². The topological polar surface area (TPSA) is 69.6 Å². The van der Waals surface area contributed by atoms with Crippen molar-refractivity contribution in [3.8, 4) is 11.8 Å². The largest absolute Gasteiger partial charge is 0.392 e. The minimum atomic E-state index is -0.518. The first-order valence-corrected chi connectivity index (χ1v) is 11.2. The van der Waals surface area contributed by atoms with Crippen LogP contribution in [0, 0.1) is 35.5 Å². The van der Waals surface area contributed by atoms with E-state index in [1.807, 2.05) is 33.8 Å². The molecule has 0 aliphatic heterocycles. The van der Waals surface area contributed by atoms with Crippen molar-refractivity contribution >= 4 is 5.91 Å². The zero-order chi connectivity index (χ0) is 21.4. The average Bonchev–Trinajstić information content (AvgIpc) is 3.17. The molecule has 29 heavy (non-hydrogen) atoms. The summed E-state index contributed by atoms with van der Waals surface area (Å²) < 4.78 is 0. The Morgan fingerprint density at radius 1 is 1.31 bits per heavy atom. The maximum Gasteiger partial charge on any atom is 0.220 e. The summed E-state index contributed by atoms with van der Waals surface area (Å²) in [5, 5.41) is 23.8. The normalized spacial score (nSPS) is 29.7. The Kier molecular flexibility index (Phi) is 9.46. The van der Waals surface area contributed by atoms with Gasteiger partial charge in [-0.2, -0.15) is 0 Å². The van der Waals surface area contributed by atoms with Crippen molar-refractivity contribution in [2.75, 3.05) is 0 Å². The lowest BCUT2D eigenvalue weighted by Gasteiger charge is -2.19. The molecule has 2 aliphatic rings. The number of allylic oxidation sites excluding steroid dienone is 2. The van der Waals surface area contributed by atoms with Crippen LogP contribution in [0.1, 0.15) is 72.6 Å². The number of aliphatic hydroxyl groups is 2. The number of amides is 1. The molecule has 3 N–H and O–H groups in total. The highest BCUT2D eigenvalue weighted by Gasteiger charge is 2.44. The fourth-order valence-electron chi connectivity index (χ4n) is 4.72. The van der Waals surface area contributed by atoms with Crippen molar-refractivity contribution in [3.05, 3.63) is 23.8 Å². The van der Waals surface area contributed by atoms with Gasteiger partial charge in [0.1, 0.15) is 0 Å². The molecule has 2 aliphatic carbocycles. The molecule has 0 unspecified atom stereocenters. The summed E-state index contributed by atoms with van der Waals surface area (Å²) in [7, 11) is 0. The molecule has 162 valence electrons. The summed E-state index contributed by atoms with van der Waals surface area (Å²) in [5.41, 5.74) is 1.47. The maximum absolute atomic E-state index is 11.7. The van der Waals surface area contributed by atoms with Gasteiger partial charge in [-0.3, -0.25) is 4.79 Å². The molecule has 1 amide bonds. The molecule has 0 saturated heterocycles. The zero-order valence-electron chi connectivity index (χ0n) is 18.5. The van der Waals surface area contributed by atoms with Crippen LogP contribution in [0.5, 0.6) is 0 Å². The van der Waals surface area contributed by atoms with E-state index in [-0.39, 0.29) is 29.9 Å². The van der Waals surface area contributed by atoms with E-state index in [0.29, 0.717) is 24.7 Å². The van der Waals surface area contributed by atoms with Gasteiger partial charge in [0.25, 0.3) is 0 Å². The van der Waals surface area contributed by atoms with E-state index >= 15 is 0 Å². The third kappa shape index (κ3) is 7.32. The smallest absolute Gasteiger partial charge is 0.220 e. The highest BCUT2D eigenvalue weighted by Crippen LogP contribution is 2.50. The number of nitrogens with one attached hydrogen (secondary N) is 1. The Morgan fingerprint density at radius 3 is 2.76 bits per heavy atom. The van der Waals surface area contributed by atoms with E-state index in [2.05, 4.69) is 29.3 Å². The van der Waals surface area contributed by atoms with E-state index in [1.54, 1.807) is 0 Å². The van der Waals surface area contributed by atoms with Gasteiger partial charge in [0.2, 0.25) is 5.91 Å². The predicted molar refractivity (Wildman–Crippen MR) is 118 cm³/mol. The molecule has 0 aromatic carbocycles. The number of hydrogen-bond donors (Lipinski definition) is 3. The molecule has 2 fully saturated rings. The minimum absolute atomic E-state index is 0.0972. The standard InChI is InChI=1S/C25H39NO3/c1-5-6-9-18(4)23(27)13-12-21-22-15-19(14-20(22)16-24(21)28)10-7-8-11-25(29)26-17(2)3/h10,12-13,17-18,20-24,27-28H,7-9,11,14-16H2,1-4H3,(H,26,29)/t18-,20+,21-,22+,23-,24-/m1/s1. The Morgan fingerprint density at radius 2 is 2.07 bits per heavy atom. The molecule has 0 bridgehead atoms. The van der Waals surface area contributed by atoms with Crippen molar-refractivity contribution in [2.24, 2.45) is 23.7 Å². The van der Waals surface area contributed by atoms with Crippen molar-refractivity contribution in [1.29, 1.82) is 0 Å². The van der Waals surface area contributed by atoms with E-state index < -0.39 is 6.10 Å². The molecule has 0 aromatic heterocycles. The lowest BCUT2D eigenvalue weighted by Crippen LogP contribution is -2.29. The van der Waals surface area contributed by atoms with Crippen LogP contribution in [-0.4, -0.2) is 34.4 Å². The summed E-state index contributed by atoms with van der Waals surface area (Å²) in [4.78, 5) is 11.7. The third-order valence-electron chi connectivity index (χ3n) is 6.32. The van der Waals surface area contributed by atoms with Crippen LogP contribution in [0.4, 0.5) is 0 Å². The van der Waals surface area contributed by atoms with Crippen LogP contribution < -0.4 is 5.32 Å². The second-order valence-electron chi connectivity index (χ2n) is 9.17. The molecule has 4 heteroatoms. The molecule has 0 radical (unpaired) electrons. The first-order valence-electron chi connectivity index (χ1n) is 11.2. The highest BCUT2D eigenvalue weighted by atomic mass is 16.3. The SMILES string of the molecule is CC#CC[C@@H](C)[C@H](O)C=C[C@@H]1[C@H]2CC(=CCCCC(=O)NC(C)C)C[C@H]2C[C@H]1O. The molecule has 4 nitrogen and oxygen atoms in total. The first kappa shape index (κ1) is 23.7. The van der Waals surface area contributed by atoms with E-state index in [0.717, 1.165) is 32.1 Å². The highest BCUT2D eigenvalue weighted by molar-refractivity contribution is 5.76. The van der Waals surface area contributed by atoms with Gasteiger partial charge >= 0.3 is 0 Å². The van der Waals surface area contributed by atoms with Gasteiger partial charge in [0.05, 0.1) is 12.2 Å². The van der Waals surface area contributed by atoms with Crippen LogP contribution in [0.3, 0.4) is 0 Å². The minimum Gasteiger partial charge on any atom is -0.392 e. The number of unbranched alkanes of at least 4 members (excludes halogenated alkanes) is 1. The van der Waals surface area contributed by atoms with Crippen molar-refractivity contribution in [3.63, 3.8) is 0 Å². The molecule has 2 rings (SSSR count). The monoisotopic (exact) mass is 401 g/mol. The van der Waals surface area contributed by atoms with E-state index in [4.69, 9.17) is 0 Å². The van der Waals surface area contributed by atoms with E-state index in [1.165, 1.54) is 5.57 Å². The van der Waals surface area contributed by atoms with Gasteiger partial charge in [-0.1, -0.05) is 30.7 Å². The number of carbonyl (C=O) groups is 1. The van der Waals surface area contributed by atoms with E-state index in [9.17, 15) is 15.0 Å². The predicted octanol–water partition coefficient (Wildman–Crippen LogP) is 3.98. The van der Waals surface area contributed by atoms with Gasteiger partial charge in [-0.05, 0) is 70.6 Å². The lowest BCUT2D eigenvalue weighted by atomic mass is 9.89. The number of fused-ring (bicyclic) bond motifs is 1. The molecule has 0 heterocycles. The quantitative estimate of drug-likeness (QED) is 0.311. The second-order valence-corrected chi connectivity index (χ2v) is 9.17. The van der Waals surface area contributed by atoms with Crippen molar-refractivity contribution < 1.29 is 15.0 Å². The first-order chi connectivity index (χ1) is 13.8. The van der Waals surface area contributed by atoms with Gasteiger partial charge in [0, 0.05) is 24.8 Å². The fourth-order valence-corrected chi connectivity index (χ4v) is 4.72. The average molecular weight is 402 g/mol. The molecule has 0 spiro atoms. The number of aliphatic hydroxyl groups excluding tert-OH is 2. The molecular formula is C25H39NO3.